The van der Waals surface area contributed by atoms with E-state index in [1.165, 1.54) is 0 Å². The molecule has 0 unspecified atom stereocenters. The summed E-state index contributed by atoms with van der Waals surface area (Å²) in [6.07, 6.45) is 0. The van der Waals surface area contributed by atoms with Crippen LogP contribution >= 0.6 is 8.25 Å². The van der Waals surface area contributed by atoms with E-state index < -0.39 is 21.9 Å². The molecule has 0 radical (unpaired) electrons. The van der Waals surface area contributed by atoms with Crippen LogP contribution in [0.1, 0.15) is 0 Å². The summed E-state index contributed by atoms with van der Waals surface area (Å²) in [5, 5.41) is 0. The number of hydrogen-bond donors (Lipinski definition) is 4. The molecule has 0 rings (SSSR count). The average Bonchev–Trinajstić information content (AvgIpc) is 1.19. The van der Waals surface area contributed by atoms with Crippen molar-refractivity contribution in [2.45, 2.75) is 0 Å². The first-order chi connectivity index (χ1) is 3.73. The molecule has 0 aliphatic heterocycles. The van der Waals surface area contributed by atoms with Crippen LogP contribution in [0.25, 0.3) is 0 Å². The molecule has 4 N–H and O–H groups in total. The third-order valence-corrected chi connectivity index (χ3v) is 0. The van der Waals surface area contributed by atoms with Crippen LogP contribution in [0.3, 0.4) is 0 Å². The van der Waals surface area contributed by atoms with Crippen LogP contribution in [0.4, 0.5) is 0 Å². The van der Waals surface area contributed by atoms with Crippen molar-refractivity contribution in [2.24, 2.45) is 0 Å². The quantitative estimate of drug-likeness (QED) is 0.341. The van der Waals surface area contributed by atoms with Gasteiger partial charge in [0.25, 0.3) is 0 Å². The molecule has 0 aromatic carbocycles. The molecule has 0 atom stereocenters. The summed E-state index contributed by atoms with van der Waals surface area (Å²) in [6, 6.07) is 0. The monoisotopic (exact) mass is 199 g/mol. The molecular formula is H4CrO7P+. The molecule has 0 aromatic rings. The molecule has 0 heterocycles. The van der Waals surface area contributed by atoms with Gasteiger partial charge in [0.1, 0.15) is 0 Å². The van der Waals surface area contributed by atoms with Crippen LogP contribution in [0, 0.1) is 0 Å². The van der Waals surface area contributed by atoms with Gasteiger partial charge in [-0.3, -0.25) is 0 Å². The van der Waals surface area contributed by atoms with Crippen molar-refractivity contribution < 1.29 is 43.9 Å². The third-order valence-electron chi connectivity index (χ3n) is 0. The van der Waals surface area contributed by atoms with Gasteiger partial charge < -0.3 is 0 Å². The van der Waals surface area contributed by atoms with Crippen LogP contribution < -0.4 is 0 Å². The normalized spacial score (nSPS) is 9.33. The fourth-order valence-electron chi connectivity index (χ4n) is 0. The maximum absolute atomic E-state index is 8.82. The topological polar surface area (TPSA) is 132 Å². The molecule has 7 nitrogen and oxygen atoms in total. The molecule has 56 valence electrons. The van der Waals surface area contributed by atoms with Crippen molar-refractivity contribution in [1.82, 2.24) is 0 Å². The first-order valence-electron chi connectivity index (χ1n) is 1.28. The van der Waals surface area contributed by atoms with E-state index in [2.05, 4.69) is 0 Å². The summed E-state index contributed by atoms with van der Waals surface area (Å²) in [6.45, 7) is 0. The van der Waals surface area contributed by atoms with Gasteiger partial charge in [-0.05, 0) is 0 Å². The van der Waals surface area contributed by atoms with Gasteiger partial charge in [-0.15, -0.1) is 9.79 Å². The third kappa shape index (κ3) is 56700. The van der Waals surface area contributed by atoms with Gasteiger partial charge in [0, 0.05) is 4.57 Å². The second kappa shape index (κ2) is 4.91. The summed E-state index contributed by atoms with van der Waals surface area (Å²) >= 11 is -5.25. The zero-order chi connectivity index (χ0) is 8.08. The van der Waals surface area contributed by atoms with Gasteiger partial charge in [0.05, 0.1) is 0 Å². The SMILES string of the molecule is O=[P+](O)O.[O]=[Cr](=[O])([OH])[OH]. The van der Waals surface area contributed by atoms with Crippen LogP contribution in [-0.4, -0.2) is 18.1 Å². The average molecular weight is 199 g/mol. The molecule has 9 heavy (non-hydrogen) atoms. The first-order valence-corrected chi connectivity index (χ1v) is 4.63. The molecule has 0 aromatic heterocycles. The molecular weight excluding hydrogens is 195 g/mol. The van der Waals surface area contributed by atoms with Gasteiger partial charge in [0.2, 0.25) is 0 Å². The zero-order valence-corrected chi connectivity index (χ0v) is 6.04. The van der Waals surface area contributed by atoms with E-state index in [1.54, 1.807) is 0 Å². The summed E-state index contributed by atoms with van der Waals surface area (Å²) < 4.78 is 40.6. The van der Waals surface area contributed by atoms with Crippen molar-refractivity contribution in [3.05, 3.63) is 0 Å². The Morgan fingerprint density at radius 2 is 1.11 bits per heavy atom. The zero-order valence-electron chi connectivity index (χ0n) is 3.87. The fourth-order valence-corrected chi connectivity index (χ4v) is 0. The van der Waals surface area contributed by atoms with E-state index in [9.17, 15) is 0 Å². The molecule has 0 fully saturated rings. The molecule has 0 saturated heterocycles. The number of hydrogen-bond acceptors (Lipinski definition) is 3. The fraction of sp³-hybridized carbons (Fsp3) is 0. The van der Waals surface area contributed by atoms with Gasteiger partial charge in [0.15, 0.2) is 0 Å². The molecule has 0 bridgehead atoms. The van der Waals surface area contributed by atoms with E-state index in [4.69, 9.17) is 30.3 Å². The second-order valence-electron chi connectivity index (χ2n) is 0.701. The summed E-state index contributed by atoms with van der Waals surface area (Å²) in [4.78, 5) is 14.2. The Hall–Kier alpha value is 0.0725. The Balaban J connectivity index is 0. The van der Waals surface area contributed by atoms with E-state index in [0.29, 0.717) is 0 Å². The Morgan fingerprint density at radius 3 is 1.11 bits per heavy atom. The van der Waals surface area contributed by atoms with Crippen molar-refractivity contribution in [3.8, 4) is 0 Å². The Morgan fingerprint density at radius 1 is 1.11 bits per heavy atom. The van der Waals surface area contributed by atoms with Crippen molar-refractivity contribution in [2.75, 3.05) is 0 Å². The van der Waals surface area contributed by atoms with E-state index >= 15 is 0 Å². The Labute approximate surface area is 52.9 Å². The van der Waals surface area contributed by atoms with Gasteiger partial charge in [-0.1, -0.05) is 0 Å². The summed E-state index contributed by atoms with van der Waals surface area (Å²) in [5.74, 6) is 0. The predicted octanol–water partition coefficient (Wildman–Crippen LogP) is -1.73. The van der Waals surface area contributed by atoms with Crippen molar-refractivity contribution in [3.63, 3.8) is 0 Å². The van der Waals surface area contributed by atoms with Crippen LogP contribution in [0.15, 0.2) is 0 Å². The van der Waals surface area contributed by atoms with Gasteiger partial charge >= 0.3 is 37.8 Å². The standard InChI is InChI=1S/Cr.HO3P.2H2O.2O/c;1-4(2)3;;;;/h;(H-,1,2,3);2*1H2;;/q+2;;;;;/p-1. The number of rotatable bonds is 0. The molecule has 0 saturated carbocycles. The van der Waals surface area contributed by atoms with Gasteiger partial charge in [-0.2, -0.15) is 0 Å². The van der Waals surface area contributed by atoms with Crippen molar-refractivity contribution >= 4 is 8.25 Å². The van der Waals surface area contributed by atoms with Crippen LogP contribution in [0.2, 0.25) is 0 Å². The minimum absolute atomic E-state index is 2.87. The van der Waals surface area contributed by atoms with E-state index in [1.807, 2.05) is 0 Å². The van der Waals surface area contributed by atoms with Crippen LogP contribution in [0.5, 0.6) is 0 Å². The first kappa shape index (κ1) is 11.8. The predicted molar refractivity (Wildman–Crippen MR) is 17.9 cm³/mol. The molecule has 0 amide bonds. The molecule has 0 aliphatic rings. The Kier molecular flexibility index (Phi) is 6.44. The maximum atomic E-state index is 8.82. The summed E-state index contributed by atoms with van der Waals surface area (Å²) in [7, 11) is -2.87. The van der Waals surface area contributed by atoms with Crippen molar-refractivity contribution in [1.29, 1.82) is 0 Å². The van der Waals surface area contributed by atoms with E-state index in [0.717, 1.165) is 0 Å². The second-order valence-corrected chi connectivity index (χ2v) is 2.60. The Bertz CT molecular complexity index is 151. The minimum atomic E-state index is -5.25. The van der Waals surface area contributed by atoms with Crippen LogP contribution in [-0.2, 0) is 25.8 Å². The molecule has 0 spiro atoms. The summed E-state index contributed by atoms with van der Waals surface area (Å²) in [5.41, 5.74) is 0. The molecule has 9 heteroatoms. The van der Waals surface area contributed by atoms with E-state index in [-0.39, 0.29) is 0 Å². The molecule has 0 aliphatic carbocycles. The van der Waals surface area contributed by atoms with Gasteiger partial charge in [-0.25, -0.2) is 0 Å².